The normalized spacial score (nSPS) is 20.5. The van der Waals surface area contributed by atoms with Gasteiger partial charge in [-0.3, -0.25) is 18.7 Å². The summed E-state index contributed by atoms with van der Waals surface area (Å²) in [6, 6.07) is 2.67. The number of amides is 1. The van der Waals surface area contributed by atoms with Gasteiger partial charge in [0.25, 0.3) is 5.56 Å². The zero-order valence-electron chi connectivity index (χ0n) is 21.5. The van der Waals surface area contributed by atoms with Crippen LogP contribution < -0.4 is 16.6 Å². The van der Waals surface area contributed by atoms with Gasteiger partial charge in [0, 0.05) is 29.5 Å². The Balaban J connectivity index is 1.30. The van der Waals surface area contributed by atoms with Gasteiger partial charge < -0.3 is 5.32 Å². The average Bonchev–Trinajstić information content (AvgIpc) is 2.89. The summed E-state index contributed by atoms with van der Waals surface area (Å²) in [4.78, 5) is 52.6. The largest absolute Gasteiger partial charge is 0.353 e. The van der Waals surface area contributed by atoms with E-state index >= 15 is 0 Å². The maximum atomic E-state index is 14.1. The van der Waals surface area contributed by atoms with Gasteiger partial charge in [0.15, 0.2) is 5.16 Å². The van der Waals surface area contributed by atoms with E-state index < -0.39 is 11.4 Å². The Labute approximate surface area is 228 Å². The monoisotopic (exact) mass is 558 g/mol. The summed E-state index contributed by atoms with van der Waals surface area (Å²) in [5, 5.41) is 3.79. The molecule has 0 bridgehead atoms. The number of halogens is 1. The molecular formula is C26H31FN6O3S2. The van der Waals surface area contributed by atoms with Gasteiger partial charge in [-0.25, -0.2) is 24.1 Å². The van der Waals surface area contributed by atoms with Crippen molar-refractivity contribution in [3.63, 3.8) is 0 Å². The molecule has 1 N–H and O–H groups in total. The lowest BCUT2D eigenvalue weighted by Gasteiger charge is -2.31. The second kappa shape index (κ2) is 11.6. The third-order valence-corrected chi connectivity index (χ3v) is 9.10. The predicted molar refractivity (Wildman–Crippen MR) is 147 cm³/mol. The van der Waals surface area contributed by atoms with E-state index in [4.69, 9.17) is 0 Å². The zero-order chi connectivity index (χ0) is 26.8. The first-order chi connectivity index (χ1) is 18.3. The molecule has 1 saturated heterocycles. The van der Waals surface area contributed by atoms with Crippen LogP contribution in [0.25, 0.3) is 11.0 Å². The van der Waals surface area contributed by atoms with Crippen molar-refractivity contribution in [3.8, 4) is 0 Å². The predicted octanol–water partition coefficient (Wildman–Crippen LogP) is 3.56. The molecule has 4 heterocycles. The third kappa shape index (κ3) is 5.80. The Kier molecular flexibility index (Phi) is 8.18. The molecule has 0 aromatic carbocycles. The van der Waals surface area contributed by atoms with E-state index in [2.05, 4.69) is 20.3 Å². The highest BCUT2D eigenvalue weighted by molar-refractivity contribution is 7.99. The van der Waals surface area contributed by atoms with Crippen molar-refractivity contribution in [2.45, 2.75) is 75.7 Å². The van der Waals surface area contributed by atoms with Crippen molar-refractivity contribution in [1.29, 1.82) is 0 Å². The van der Waals surface area contributed by atoms with Crippen molar-refractivity contribution < 1.29 is 9.18 Å². The molecule has 3 aromatic heterocycles. The van der Waals surface area contributed by atoms with Gasteiger partial charge >= 0.3 is 5.69 Å². The number of hydrogen-bond acceptors (Lipinski definition) is 8. The number of aryl methyl sites for hydroxylation is 2. The number of fused-ring (bicyclic) bond motifs is 1. The van der Waals surface area contributed by atoms with Crippen LogP contribution in [0.15, 0.2) is 33.1 Å². The quantitative estimate of drug-likeness (QED) is 0.361. The molecule has 0 spiro atoms. The van der Waals surface area contributed by atoms with Crippen molar-refractivity contribution in [2.24, 2.45) is 0 Å². The Bertz CT molecular complexity index is 1440. The molecule has 1 aliphatic carbocycles. The number of thioether (sulfide) groups is 2. The van der Waals surface area contributed by atoms with Crippen LogP contribution >= 0.6 is 23.5 Å². The summed E-state index contributed by atoms with van der Waals surface area (Å²) in [5.41, 5.74) is 1.14. The molecule has 3 aromatic rings. The first kappa shape index (κ1) is 26.9. The Hall–Kier alpha value is -2.73. The van der Waals surface area contributed by atoms with Crippen LogP contribution in [0.4, 0.5) is 4.39 Å². The summed E-state index contributed by atoms with van der Waals surface area (Å²) in [5.74, 6) is 1.38. The van der Waals surface area contributed by atoms with E-state index in [9.17, 15) is 18.8 Å². The van der Waals surface area contributed by atoms with Gasteiger partial charge in [-0.1, -0.05) is 11.8 Å². The van der Waals surface area contributed by atoms with Crippen LogP contribution in [-0.2, 0) is 4.79 Å². The van der Waals surface area contributed by atoms with E-state index in [-0.39, 0.29) is 46.5 Å². The minimum absolute atomic E-state index is 0.0348. The van der Waals surface area contributed by atoms with E-state index in [0.29, 0.717) is 30.8 Å². The molecule has 12 heteroatoms. The van der Waals surface area contributed by atoms with Gasteiger partial charge in [0.2, 0.25) is 5.91 Å². The first-order valence-corrected chi connectivity index (χ1v) is 15.1. The van der Waals surface area contributed by atoms with Crippen LogP contribution in [0.1, 0.15) is 62.0 Å². The number of carbonyl (C=O) groups excluding carboxylic acids is 1. The van der Waals surface area contributed by atoms with Crippen LogP contribution in [0, 0.1) is 19.7 Å². The number of rotatable bonds is 6. The average molecular weight is 559 g/mol. The molecule has 202 valence electrons. The molecule has 1 amide bonds. The van der Waals surface area contributed by atoms with Gasteiger partial charge in [-0.05, 0) is 76.0 Å². The van der Waals surface area contributed by atoms with Crippen molar-refractivity contribution >= 4 is 40.5 Å². The summed E-state index contributed by atoms with van der Waals surface area (Å²) >= 11 is 3.15. The highest BCUT2D eigenvalue weighted by Gasteiger charge is 2.29. The Morgan fingerprint density at radius 1 is 1.03 bits per heavy atom. The van der Waals surface area contributed by atoms with Gasteiger partial charge in [-0.2, -0.15) is 11.8 Å². The number of nitrogens with zero attached hydrogens (tertiary/aromatic N) is 5. The van der Waals surface area contributed by atoms with E-state index in [1.165, 1.54) is 22.4 Å². The molecule has 0 radical (unpaired) electrons. The van der Waals surface area contributed by atoms with Crippen molar-refractivity contribution in [1.82, 2.24) is 29.4 Å². The maximum absolute atomic E-state index is 14.1. The molecule has 2 aliphatic rings. The van der Waals surface area contributed by atoms with Crippen molar-refractivity contribution in [3.05, 3.63) is 56.4 Å². The lowest BCUT2D eigenvalue weighted by molar-refractivity contribution is -0.119. The molecule has 0 atom stereocenters. The van der Waals surface area contributed by atoms with Crippen LogP contribution in [0.3, 0.4) is 0 Å². The third-order valence-electron chi connectivity index (χ3n) is 7.20. The topological polar surface area (TPSA) is 112 Å². The summed E-state index contributed by atoms with van der Waals surface area (Å²) in [6.07, 6.45) is 5.11. The standard InChI is InChI=1S/C26H31FN6O3S2/c1-15-11-16(2)30-25(29-15)38-14-22(34)31-18-3-5-19(6-4-18)33-24(35)21-12-17(27)13-28-23(21)32(26(33)36)20-7-9-37-10-8-20/h11-13,18-20H,3-10,14H2,1-2H3,(H,31,34)/t18-,19+. The van der Waals surface area contributed by atoms with Crippen LogP contribution in [-0.4, -0.2) is 53.3 Å². The number of aromatic nitrogens is 5. The lowest BCUT2D eigenvalue weighted by Crippen LogP contribution is -2.46. The number of pyridine rings is 1. The highest BCUT2D eigenvalue weighted by Crippen LogP contribution is 2.30. The maximum Gasteiger partial charge on any atom is 0.333 e. The fourth-order valence-electron chi connectivity index (χ4n) is 5.44. The molecule has 1 aliphatic heterocycles. The molecule has 38 heavy (non-hydrogen) atoms. The summed E-state index contributed by atoms with van der Waals surface area (Å²) < 4.78 is 17.0. The van der Waals surface area contributed by atoms with E-state index in [1.54, 1.807) is 4.57 Å². The number of hydrogen-bond donors (Lipinski definition) is 1. The minimum Gasteiger partial charge on any atom is -0.353 e. The van der Waals surface area contributed by atoms with E-state index in [0.717, 1.165) is 41.9 Å². The molecule has 1 saturated carbocycles. The van der Waals surface area contributed by atoms with Gasteiger partial charge in [0.1, 0.15) is 11.5 Å². The fraction of sp³-hybridized carbons (Fsp3) is 0.538. The van der Waals surface area contributed by atoms with Gasteiger partial charge in [-0.15, -0.1) is 0 Å². The molecule has 2 fully saturated rings. The number of carbonyl (C=O) groups is 1. The molecule has 9 nitrogen and oxygen atoms in total. The summed E-state index contributed by atoms with van der Waals surface area (Å²) in [6.45, 7) is 3.79. The van der Waals surface area contributed by atoms with Crippen molar-refractivity contribution in [2.75, 3.05) is 17.3 Å². The second-order valence-electron chi connectivity index (χ2n) is 9.99. The Morgan fingerprint density at radius 3 is 2.37 bits per heavy atom. The van der Waals surface area contributed by atoms with Crippen LogP contribution in [0.2, 0.25) is 0 Å². The smallest absolute Gasteiger partial charge is 0.333 e. The first-order valence-electron chi connectivity index (χ1n) is 12.9. The highest BCUT2D eigenvalue weighted by atomic mass is 32.2. The fourth-order valence-corrected chi connectivity index (χ4v) is 7.28. The van der Waals surface area contributed by atoms with Gasteiger partial charge in [0.05, 0.1) is 17.3 Å². The van der Waals surface area contributed by atoms with E-state index in [1.807, 2.05) is 31.7 Å². The molecule has 5 rings (SSSR count). The van der Waals surface area contributed by atoms with Crippen LogP contribution in [0.5, 0.6) is 0 Å². The SMILES string of the molecule is Cc1cc(C)nc(SCC(=O)N[C@H]2CC[C@@H](n3c(=O)c4cc(F)cnc4n(C4CCSCC4)c3=O)CC2)n1. The Morgan fingerprint density at radius 2 is 1.68 bits per heavy atom. The summed E-state index contributed by atoms with van der Waals surface area (Å²) in [7, 11) is 0. The molecular weight excluding hydrogens is 527 g/mol. The minimum atomic E-state index is -0.596. The lowest BCUT2D eigenvalue weighted by atomic mass is 9.91. The zero-order valence-corrected chi connectivity index (χ0v) is 23.1. The second-order valence-corrected chi connectivity index (χ2v) is 12.2. The number of nitrogens with one attached hydrogen (secondary N) is 1. The molecule has 0 unspecified atom stereocenters.